The van der Waals surface area contributed by atoms with Crippen molar-refractivity contribution in [2.75, 3.05) is 57.3 Å². The van der Waals surface area contributed by atoms with E-state index in [1.807, 2.05) is 36.1 Å². The molecular formula is C24H31N3O3. The van der Waals surface area contributed by atoms with E-state index in [9.17, 15) is 4.79 Å². The molecule has 0 bridgehead atoms. The molecule has 0 radical (unpaired) electrons. The van der Waals surface area contributed by atoms with E-state index in [4.69, 9.17) is 9.47 Å². The molecule has 2 aromatic rings. The minimum atomic E-state index is -0.137. The van der Waals surface area contributed by atoms with Crippen molar-refractivity contribution < 1.29 is 14.3 Å². The summed E-state index contributed by atoms with van der Waals surface area (Å²) in [6.07, 6.45) is -0.137. The molecule has 0 aliphatic carbocycles. The highest BCUT2D eigenvalue weighted by Gasteiger charge is 2.26. The first-order valence-electron chi connectivity index (χ1n) is 10.8. The number of aryl methyl sites for hydroxylation is 1. The van der Waals surface area contributed by atoms with Gasteiger partial charge >= 0.3 is 0 Å². The zero-order valence-electron chi connectivity index (χ0n) is 17.9. The lowest BCUT2D eigenvalue weighted by Crippen LogP contribution is -2.51. The highest BCUT2D eigenvalue weighted by atomic mass is 16.6. The summed E-state index contributed by atoms with van der Waals surface area (Å²) in [6.45, 7) is 10.0. The standard InChI is InChI=1S/C24H31N3O3/c1-3-26(16-20-18-29-22-10-6-7-11-23(22)30-20)24(28)17-25-12-14-27(15-13-25)21-9-5-4-8-19(21)2/h4-11,20H,3,12-18H2,1-2H3/t20-/m0/s1. The summed E-state index contributed by atoms with van der Waals surface area (Å²) in [4.78, 5) is 19.5. The van der Waals surface area contributed by atoms with Crippen LogP contribution in [0.3, 0.4) is 0 Å². The molecule has 1 saturated heterocycles. The van der Waals surface area contributed by atoms with Crippen LogP contribution in [-0.2, 0) is 4.79 Å². The normalized spacial score (nSPS) is 18.9. The van der Waals surface area contributed by atoms with Gasteiger partial charge in [-0.2, -0.15) is 0 Å². The largest absolute Gasteiger partial charge is 0.486 e. The van der Waals surface area contributed by atoms with Crippen LogP contribution in [0, 0.1) is 6.92 Å². The predicted molar refractivity (Wildman–Crippen MR) is 118 cm³/mol. The van der Waals surface area contributed by atoms with Crippen molar-refractivity contribution in [3.05, 3.63) is 54.1 Å². The molecule has 1 atom stereocenters. The average molecular weight is 410 g/mol. The number of hydrogen-bond donors (Lipinski definition) is 0. The van der Waals surface area contributed by atoms with Gasteiger partial charge in [0.1, 0.15) is 6.61 Å². The number of carbonyl (C=O) groups is 1. The average Bonchev–Trinajstić information content (AvgIpc) is 2.78. The molecule has 2 aliphatic rings. The lowest BCUT2D eigenvalue weighted by atomic mass is 10.1. The van der Waals surface area contributed by atoms with Crippen molar-refractivity contribution in [2.45, 2.75) is 20.0 Å². The van der Waals surface area contributed by atoms with E-state index in [0.717, 1.165) is 37.7 Å². The predicted octanol–water partition coefficient (Wildman–Crippen LogP) is 2.81. The van der Waals surface area contributed by atoms with Gasteiger partial charge in [0.2, 0.25) is 5.91 Å². The van der Waals surface area contributed by atoms with E-state index >= 15 is 0 Å². The number of para-hydroxylation sites is 3. The van der Waals surface area contributed by atoms with Crippen LogP contribution in [0.15, 0.2) is 48.5 Å². The van der Waals surface area contributed by atoms with Crippen LogP contribution in [0.5, 0.6) is 11.5 Å². The lowest BCUT2D eigenvalue weighted by molar-refractivity contribution is -0.133. The summed E-state index contributed by atoms with van der Waals surface area (Å²) in [6, 6.07) is 16.2. The van der Waals surface area contributed by atoms with E-state index < -0.39 is 0 Å². The van der Waals surface area contributed by atoms with Crippen LogP contribution in [0.2, 0.25) is 0 Å². The zero-order chi connectivity index (χ0) is 20.9. The number of nitrogens with zero attached hydrogens (tertiary/aromatic N) is 3. The van der Waals surface area contributed by atoms with Crippen LogP contribution in [0.1, 0.15) is 12.5 Å². The number of hydrogen-bond acceptors (Lipinski definition) is 5. The second-order valence-electron chi connectivity index (χ2n) is 7.98. The van der Waals surface area contributed by atoms with E-state index in [1.165, 1.54) is 11.3 Å². The zero-order valence-corrected chi connectivity index (χ0v) is 17.9. The van der Waals surface area contributed by atoms with E-state index in [-0.39, 0.29) is 12.0 Å². The van der Waals surface area contributed by atoms with Crippen molar-refractivity contribution in [2.24, 2.45) is 0 Å². The van der Waals surface area contributed by atoms with Gasteiger partial charge in [0, 0.05) is 38.4 Å². The van der Waals surface area contributed by atoms with E-state index in [2.05, 4.69) is 41.0 Å². The van der Waals surface area contributed by atoms with Crippen molar-refractivity contribution in [3.63, 3.8) is 0 Å². The fourth-order valence-electron chi connectivity index (χ4n) is 4.16. The number of fused-ring (bicyclic) bond motifs is 1. The summed E-state index contributed by atoms with van der Waals surface area (Å²) in [5.74, 6) is 1.68. The Morgan fingerprint density at radius 2 is 1.73 bits per heavy atom. The van der Waals surface area contributed by atoms with E-state index in [1.54, 1.807) is 0 Å². The number of piperazine rings is 1. The Morgan fingerprint density at radius 3 is 2.47 bits per heavy atom. The van der Waals surface area contributed by atoms with Crippen LogP contribution < -0.4 is 14.4 Å². The second kappa shape index (κ2) is 9.39. The molecule has 0 aromatic heterocycles. The molecule has 4 rings (SSSR count). The Kier molecular flexibility index (Phi) is 6.43. The minimum absolute atomic E-state index is 0.137. The number of likely N-dealkylation sites (N-methyl/N-ethyl adjacent to an activating group) is 1. The second-order valence-corrected chi connectivity index (χ2v) is 7.98. The van der Waals surface area contributed by atoms with Gasteiger partial charge in [-0.25, -0.2) is 0 Å². The molecular weight excluding hydrogens is 378 g/mol. The van der Waals surface area contributed by atoms with Crippen LogP contribution in [-0.4, -0.2) is 74.2 Å². The Bertz CT molecular complexity index is 864. The van der Waals surface area contributed by atoms with Crippen molar-refractivity contribution in [3.8, 4) is 11.5 Å². The topological polar surface area (TPSA) is 45.3 Å². The Labute approximate surface area is 179 Å². The molecule has 0 N–H and O–H groups in total. The summed E-state index contributed by atoms with van der Waals surface area (Å²) >= 11 is 0. The maximum atomic E-state index is 12.9. The molecule has 2 heterocycles. The number of carbonyl (C=O) groups excluding carboxylic acids is 1. The first kappa shape index (κ1) is 20.5. The first-order chi connectivity index (χ1) is 14.6. The van der Waals surface area contributed by atoms with Crippen LogP contribution >= 0.6 is 0 Å². The first-order valence-corrected chi connectivity index (χ1v) is 10.8. The van der Waals surface area contributed by atoms with Crippen molar-refractivity contribution in [1.29, 1.82) is 0 Å². The molecule has 1 fully saturated rings. The third kappa shape index (κ3) is 4.70. The molecule has 1 amide bonds. The summed E-state index contributed by atoms with van der Waals surface area (Å²) in [5.41, 5.74) is 2.60. The molecule has 0 spiro atoms. The molecule has 2 aliphatic heterocycles. The third-order valence-corrected chi connectivity index (χ3v) is 5.91. The van der Waals surface area contributed by atoms with Gasteiger partial charge in [0.25, 0.3) is 0 Å². The van der Waals surface area contributed by atoms with Crippen LogP contribution in [0.25, 0.3) is 0 Å². The molecule has 2 aromatic carbocycles. The van der Waals surface area contributed by atoms with Gasteiger partial charge < -0.3 is 19.3 Å². The number of benzene rings is 2. The van der Waals surface area contributed by atoms with Gasteiger partial charge in [0.15, 0.2) is 17.6 Å². The van der Waals surface area contributed by atoms with Gasteiger partial charge in [0.05, 0.1) is 13.1 Å². The quantitative estimate of drug-likeness (QED) is 0.734. The van der Waals surface area contributed by atoms with Gasteiger partial charge in [-0.05, 0) is 37.6 Å². The minimum Gasteiger partial charge on any atom is -0.486 e. The number of ether oxygens (including phenoxy) is 2. The third-order valence-electron chi connectivity index (χ3n) is 5.91. The molecule has 30 heavy (non-hydrogen) atoms. The molecule has 160 valence electrons. The van der Waals surface area contributed by atoms with Gasteiger partial charge in [-0.1, -0.05) is 30.3 Å². The highest BCUT2D eigenvalue weighted by molar-refractivity contribution is 5.78. The number of rotatable bonds is 6. The fourth-order valence-corrected chi connectivity index (χ4v) is 4.16. The Morgan fingerprint density at radius 1 is 1.03 bits per heavy atom. The van der Waals surface area contributed by atoms with Crippen molar-refractivity contribution in [1.82, 2.24) is 9.80 Å². The summed E-state index contributed by atoms with van der Waals surface area (Å²) in [5, 5.41) is 0. The smallest absolute Gasteiger partial charge is 0.236 e. The molecule has 0 unspecified atom stereocenters. The summed E-state index contributed by atoms with van der Waals surface area (Å²) < 4.78 is 11.8. The number of anilines is 1. The Hall–Kier alpha value is -2.73. The number of amides is 1. The maximum Gasteiger partial charge on any atom is 0.236 e. The SMILES string of the molecule is CCN(C[C@H]1COc2ccccc2O1)C(=O)CN1CCN(c2ccccc2C)CC1. The van der Waals surface area contributed by atoms with Crippen LogP contribution in [0.4, 0.5) is 5.69 Å². The fraction of sp³-hybridized carbons (Fsp3) is 0.458. The van der Waals surface area contributed by atoms with Gasteiger partial charge in [-0.15, -0.1) is 0 Å². The maximum absolute atomic E-state index is 12.9. The summed E-state index contributed by atoms with van der Waals surface area (Å²) in [7, 11) is 0. The monoisotopic (exact) mass is 409 g/mol. The molecule has 0 saturated carbocycles. The van der Waals surface area contributed by atoms with Crippen molar-refractivity contribution >= 4 is 11.6 Å². The Balaban J connectivity index is 1.27. The highest BCUT2D eigenvalue weighted by Crippen LogP contribution is 2.31. The molecule has 6 nitrogen and oxygen atoms in total. The van der Waals surface area contributed by atoms with Gasteiger partial charge in [-0.3, -0.25) is 9.69 Å². The molecule has 6 heteroatoms. The van der Waals surface area contributed by atoms with E-state index in [0.29, 0.717) is 26.2 Å². The lowest BCUT2D eigenvalue weighted by Gasteiger charge is -2.37.